The normalized spacial score (nSPS) is 11.7. The van der Waals surface area contributed by atoms with Crippen molar-refractivity contribution in [2.24, 2.45) is 0 Å². The Labute approximate surface area is 249 Å². The van der Waals surface area contributed by atoms with E-state index >= 15 is 0 Å². The van der Waals surface area contributed by atoms with Gasteiger partial charge in [-0.3, -0.25) is 9.59 Å². The van der Waals surface area contributed by atoms with Crippen molar-refractivity contribution in [2.45, 2.75) is 17.1 Å². The van der Waals surface area contributed by atoms with Crippen LogP contribution in [0, 0.1) is 0 Å². The molecule has 38 heavy (non-hydrogen) atoms. The van der Waals surface area contributed by atoms with E-state index in [9.17, 15) is 19.5 Å². The van der Waals surface area contributed by atoms with Gasteiger partial charge in [0.1, 0.15) is 0 Å². The van der Waals surface area contributed by atoms with E-state index in [0.29, 0.717) is 15.7 Å². The van der Waals surface area contributed by atoms with Crippen molar-refractivity contribution in [3.63, 3.8) is 0 Å². The molecule has 4 rings (SSSR count). The lowest BCUT2D eigenvalue weighted by Gasteiger charge is -2.15. The number of nitrogens with zero attached hydrogens (tertiary/aromatic N) is 1. The number of amides is 2. The molecule has 2 amide bonds. The molecule has 0 radical (unpaired) electrons. The van der Waals surface area contributed by atoms with E-state index in [1.165, 1.54) is 23.1 Å². The molecule has 196 valence electrons. The molecule has 1 atom stereocenters. The number of thioether (sulfide) groups is 1. The molecule has 0 aliphatic rings. The van der Waals surface area contributed by atoms with Gasteiger partial charge in [-0.25, -0.2) is 9.78 Å². The van der Waals surface area contributed by atoms with Crippen molar-refractivity contribution < 1.29 is 19.5 Å². The van der Waals surface area contributed by atoms with E-state index in [1.54, 1.807) is 42.5 Å². The largest absolute Gasteiger partial charge is 0.478 e. The first-order valence-electron chi connectivity index (χ1n) is 10.5. The quantitative estimate of drug-likeness (QED) is 0.101. The Balaban J connectivity index is 1.46. The maximum Gasteiger partial charge on any atom is 0.338 e. The van der Waals surface area contributed by atoms with Crippen molar-refractivity contribution in [1.82, 2.24) is 4.98 Å². The first kappa shape index (κ1) is 28.7. The molecule has 0 saturated carbocycles. The fourth-order valence-electron chi connectivity index (χ4n) is 3.22. The fraction of sp³-hybridized carbons (Fsp3) is 0.0833. The van der Waals surface area contributed by atoms with Gasteiger partial charge in [0.05, 0.1) is 47.0 Å². The number of carboxylic acid groups (broad SMARTS) is 1. The number of carboxylic acids is 1. The third kappa shape index (κ3) is 6.28. The van der Waals surface area contributed by atoms with E-state index in [2.05, 4.69) is 15.6 Å². The van der Waals surface area contributed by atoms with Crippen LogP contribution < -0.4 is 10.6 Å². The number of aromatic nitrogens is 1. The third-order valence-electron chi connectivity index (χ3n) is 4.99. The molecule has 2 heterocycles. The summed E-state index contributed by atoms with van der Waals surface area (Å²) < 4.78 is 0. The number of thiophene rings is 1. The summed E-state index contributed by atoms with van der Waals surface area (Å²) in [7, 11) is 0. The molecule has 3 N–H and O–H groups in total. The number of hydrogen-bond donors (Lipinski definition) is 3. The zero-order chi connectivity index (χ0) is 27.6. The van der Waals surface area contributed by atoms with E-state index in [4.69, 9.17) is 46.4 Å². The van der Waals surface area contributed by atoms with Crippen molar-refractivity contribution in [3.8, 4) is 10.6 Å². The number of rotatable bonds is 8. The van der Waals surface area contributed by atoms with Crippen LogP contribution in [0.4, 0.5) is 10.8 Å². The molecule has 0 saturated heterocycles. The highest BCUT2D eigenvalue weighted by molar-refractivity contribution is 8.00. The number of hydrogen-bond acceptors (Lipinski definition) is 7. The summed E-state index contributed by atoms with van der Waals surface area (Å²) in [6.45, 7) is 1.75. The standard InChI is InChI=1S/C24H15Cl4N3O4S3/c1-10(21(32)31-24-30-13(9-37-24)14-6-3-7-36-14)38-12-5-2-4-11(8-12)29-22(33)15-16(23(34)35)18(26)20(28)19(27)17(15)25/h2-10H,1H3,(H,29,33)(H,34,35)(H,30,31,32). The molecule has 14 heteroatoms. The van der Waals surface area contributed by atoms with Crippen LogP contribution in [-0.4, -0.2) is 33.1 Å². The Morgan fingerprint density at radius 1 is 0.947 bits per heavy atom. The number of thiazole rings is 1. The smallest absolute Gasteiger partial charge is 0.338 e. The summed E-state index contributed by atoms with van der Waals surface area (Å²) in [5.41, 5.74) is 0.153. The first-order valence-corrected chi connectivity index (χ1v) is 14.7. The summed E-state index contributed by atoms with van der Waals surface area (Å²) >= 11 is 28.4. The highest BCUT2D eigenvalue weighted by atomic mass is 35.5. The number of nitrogens with one attached hydrogen (secondary N) is 2. The van der Waals surface area contributed by atoms with Crippen LogP contribution in [0.15, 0.2) is 52.1 Å². The minimum absolute atomic E-state index is 0.236. The lowest BCUT2D eigenvalue weighted by Crippen LogP contribution is -2.22. The van der Waals surface area contributed by atoms with Crippen molar-refractivity contribution in [3.05, 3.63) is 78.4 Å². The van der Waals surface area contributed by atoms with Gasteiger partial charge in [0.15, 0.2) is 5.13 Å². The Kier molecular flexibility index (Phi) is 9.25. The topological polar surface area (TPSA) is 108 Å². The van der Waals surface area contributed by atoms with E-state index in [-0.39, 0.29) is 21.0 Å². The van der Waals surface area contributed by atoms with Gasteiger partial charge in [-0.1, -0.05) is 58.5 Å². The number of halogens is 4. The van der Waals surface area contributed by atoms with Gasteiger partial charge >= 0.3 is 5.97 Å². The van der Waals surface area contributed by atoms with Crippen LogP contribution in [-0.2, 0) is 4.79 Å². The van der Waals surface area contributed by atoms with Crippen LogP contribution in [0.5, 0.6) is 0 Å². The molecule has 4 aromatic rings. The summed E-state index contributed by atoms with van der Waals surface area (Å²) in [6, 6.07) is 10.6. The molecule has 0 aliphatic heterocycles. The van der Waals surface area contributed by atoms with Crippen molar-refractivity contribution in [1.29, 1.82) is 0 Å². The minimum Gasteiger partial charge on any atom is -0.478 e. The Morgan fingerprint density at radius 2 is 1.66 bits per heavy atom. The zero-order valence-electron chi connectivity index (χ0n) is 19.1. The molecule has 2 aromatic heterocycles. The minimum atomic E-state index is -1.49. The van der Waals surface area contributed by atoms with Crippen LogP contribution in [0.2, 0.25) is 20.1 Å². The summed E-state index contributed by atoms with van der Waals surface area (Å²) in [4.78, 5) is 43.7. The van der Waals surface area contributed by atoms with Gasteiger partial charge in [-0.05, 0) is 36.6 Å². The van der Waals surface area contributed by atoms with Gasteiger partial charge < -0.3 is 15.7 Å². The molecular formula is C24H15Cl4N3O4S3. The van der Waals surface area contributed by atoms with Crippen LogP contribution in [0.25, 0.3) is 10.6 Å². The average Bonchev–Trinajstić information content (AvgIpc) is 3.57. The first-order chi connectivity index (χ1) is 18.1. The van der Waals surface area contributed by atoms with Crippen LogP contribution in [0.3, 0.4) is 0 Å². The SMILES string of the molecule is CC(Sc1cccc(NC(=O)c2c(Cl)c(Cl)c(Cl)c(Cl)c2C(=O)O)c1)C(=O)Nc1nc(-c2cccs2)cs1. The van der Waals surface area contributed by atoms with Gasteiger partial charge in [0.25, 0.3) is 5.91 Å². The Bertz CT molecular complexity index is 1540. The van der Waals surface area contributed by atoms with E-state index < -0.39 is 33.3 Å². The lowest BCUT2D eigenvalue weighted by atomic mass is 10.1. The van der Waals surface area contributed by atoms with Crippen molar-refractivity contribution >= 4 is 109 Å². The maximum absolute atomic E-state index is 13.0. The molecule has 2 aromatic carbocycles. The van der Waals surface area contributed by atoms with Gasteiger partial charge in [-0.2, -0.15) is 0 Å². The molecule has 0 aliphatic carbocycles. The van der Waals surface area contributed by atoms with Crippen LogP contribution in [0.1, 0.15) is 27.6 Å². The third-order valence-corrected chi connectivity index (χ3v) is 9.54. The number of carbonyl (C=O) groups is 3. The highest BCUT2D eigenvalue weighted by Crippen LogP contribution is 2.42. The van der Waals surface area contributed by atoms with E-state index in [0.717, 1.165) is 10.6 Å². The average molecular weight is 647 g/mol. The summed E-state index contributed by atoms with van der Waals surface area (Å²) in [5.74, 6) is -2.57. The molecule has 1 unspecified atom stereocenters. The Morgan fingerprint density at radius 3 is 2.32 bits per heavy atom. The van der Waals surface area contributed by atoms with E-state index in [1.807, 2.05) is 22.9 Å². The molecule has 0 fully saturated rings. The second-order valence-electron chi connectivity index (χ2n) is 7.56. The fourth-order valence-corrected chi connectivity index (χ4v) is 6.64. The lowest BCUT2D eigenvalue weighted by molar-refractivity contribution is -0.115. The van der Waals surface area contributed by atoms with Gasteiger partial charge in [0.2, 0.25) is 5.91 Å². The zero-order valence-corrected chi connectivity index (χ0v) is 24.5. The predicted molar refractivity (Wildman–Crippen MR) is 157 cm³/mol. The molecule has 7 nitrogen and oxygen atoms in total. The molecular weight excluding hydrogens is 632 g/mol. The van der Waals surface area contributed by atoms with Gasteiger partial charge in [0, 0.05) is 16.0 Å². The van der Waals surface area contributed by atoms with Crippen LogP contribution >= 0.6 is 80.8 Å². The summed E-state index contributed by atoms with van der Waals surface area (Å²) in [5, 5.41) is 17.6. The summed E-state index contributed by atoms with van der Waals surface area (Å²) in [6.07, 6.45) is 0. The monoisotopic (exact) mass is 645 g/mol. The molecule has 0 spiro atoms. The number of aromatic carboxylic acids is 1. The number of anilines is 2. The second-order valence-corrected chi connectivity index (χ2v) is 12.3. The number of carbonyl (C=O) groups excluding carboxylic acids is 2. The second kappa shape index (κ2) is 12.3. The predicted octanol–water partition coefficient (Wildman–Crippen LogP) is 8.56. The highest BCUT2D eigenvalue weighted by Gasteiger charge is 2.29. The number of benzene rings is 2. The molecule has 0 bridgehead atoms. The Hall–Kier alpha value is -2.31. The maximum atomic E-state index is 13.0. The van der Waals surface area contributed by atoms with Gasteiger partial charge in [-0.15, -0.1) is 34.4 Å². The van der Waals surface area contributed by atoms with Crippen molar-refractivity contribution in [2.75, 3.05) is 10.6 Å².